The van der Waals surface area contributed by atoms with E-state index in [1.807, 2.05) is 0 Å². The van der Waals surface area contributed by atoms with Crippen molar-refractivity contribution in [3.63, 3.8) is 0 Å². The quantitative estimate of drug-likeness (QED) is 0.706. The van der Waals surface area contributed by atoms with Gasteiger partial charge in [0, 0.05) is 26.7 Å². The Morgan fingerprint density at radius 2 is 2.00 bits per heavy atom. The molecule has 0 fully saturated rings. The number of alkyl halides is 3. The van der Waals surface area contributed by atoms with E-state index in [4.69, 9.17) is 5.11 Å². The van der Waals surface area contributed by atoms with Crippen LogP contribution in [0, 0.1) is 5.92 Å². The van der Waals surface area contributed by atoms with E-state index in [1.165, 1.54) is 7.11 Å². The van der Waals surface area contributed by atoms with Crippen molar-refractivity contribution in [2.45, 2.75) is 19.0 Å². The van der Waals surface area contributed by atoms with Crippen LogP contribution in [0.1, 0.15) is 12.8 Å². The van der Waals surface area contributed by atoms with Gasteiger partial charge in [-0.3, -0.25) is 0 Å². The standard InChI is InChI=1S/C7H13F3O2/c1-12-3-2-6(5-11)4-7(8,9)10/h6,11H,2-5H2,1H3. The summed E-state index contributed by atoms with van der Waals surface area (Å²) in [5.41, 5.74) is 0. The molecule has 1 unspecified atom stereocenters. The van der Waals surface area contributed by atoms with Gasteiger partial charge >= 0.3 is 6.18 Å². The lowest BCUT2D eigenvalue weighted by Crippen LogP contribution is -2.19. The Hall–Kier alpha value is -0.290. The van der Waals surface area contributed by atoms with Gasteiger partial charge in [0.05, 0.1) is 0 Å². The van der Waals surface area contributed by atoms with E-state index in [0.29, 0.717) is 0 Å². The zero-order valence-corrected chi connectivity index (χ0v) is 6.90. The van der Waals surface area contributed by atoms with Gasteiger partial charge in [-0.1, -0.05) is 0 Å². The molecule has 0 radical (unpaired) electrons. The van der Waals surface area contributed by atoms with E-state index in [9.17, 15) is 13.2 Å². The highest BCUT2D eigenvalue weighted by Crippen LogP contribution is 2.26. The lowest BCUT2D eigenvalue weighted by atomic mass is 10.0. The topological polar surface area (TPSA) is 29.5 Å². The van der Waals surface area contributed by atoms with Crippen LogP contribution in [0.15, 0.2) is 0 Å². The van der Waals surface area contributed by atoms with Crippen LogP contribution in [0.2, 0.25) is 0 Å². The van der Waals surface area contributed by atoms with Crippen LogP contribution in [-0.4, -0.2) is 31.6 Å². The van der Waals surface area contributed by atoms with Crippen molar-refractivity contribution in [3.8, 4) is 0 Å². The van der Waals surface area contributed by atoms with Crippen LogP contribution in [-0.2, 0) is 4.74 Å². The van der Waals surface area contributed by atoms with E-state index >= 15 is 0 Å². The summed E-state index contributed by atoms with van der Waals surface area (Å²) in [6.45, 7) is -0.190. The second-order valence-electron chi connectivity index (χ2n) is 2.65. The van der Waals surface area contributed by atoms with Gasteiger partial charge in [-0.25, -0.2) is 0 Å². The van der Waals surface area contributed by atoms with Crippen molar-refractivity contribution in [1.82, 2.24) is 0 Å². The number of methoxy groups -OCH3 is 1. The molecule has 0 aliphatic carbocycles. The summed E-state index contributed by atoms with van der Waals surface area (Å²) >= 11 is 0. The molecule has 2 nitrogen and oxygen atoms in total. The third-order valence-corrected chi connectivity index (χ3v) is 1.51. The van der Waals surface area contributed by atoms with E-state index in [1.54, 1.807) is 0 Å². The Kier molecular flexibility index (Phi) is 5.24. The van der Waals surface area contributed by atoms with Crippen molar-refractivity contribution >= 4 is 0 Å². The molecule has 74 valence electrons. The highest BCUT2D eigenvalue weighted by Gasteiger charge is 2.31. The van der Waals surface area contributed by atoms with Gasteiger partial charge in [-0.2, -0.15) is 13.2 Å². The zero-order chi connectivity index (χ0) is 9.61. The van der Waals surface area contributed by atoms with Gasteiger partial charge in [0.15, 0.2) is 0 Å². The average Bonchev–Trinajstić information content (AvgIpc) is 1.95. The fourth-order valence-electron chi connectivity index (χ4n) is 0.870. The maximum absolute atomic E-state index is 11.8. The van der Waals surface area contributed by atoms with Crippen molar-refractivity contribution < 1.29 is 23.0 Å². The van der Waals surface area contributed by atoms with Crippen LogP contribution in [0.25, 0.3) is 0 Å². The molecule has 12 heavy (non-hydrogen) atoms. The molecule has 0 aromatic rings. The van der Waals surface area contributed by atoms with E-state index < -0.39 is 25.1 Å². The zero-order valence-electron chi connectivity index (χ0n) is 6.90. The smallest absolute Gasteiger partial charge is 0.389 e. The largest absolute Gasteiger partial charge is 0.396 e. The molecule has 0 aliphatic rings. The number of aliphatic hydroxyl groups is 1. The third kappa shape index (κ3) is 6.42. The van der Waals surface area contributed by atoms with Crippen LogP contribution < -0.4 is 0 Å². The molecular weight excluding hydrogens is 173 g/mol. The molecule has 0 aromatic heterocycles. The fourth-order valence-corrected chi connectivity index (χ4v) is 0.870. The van der Waals surface area contributed by atoms with Gasteiger partial charge in [-0.15, -0.1) is 0 Å². The summed E-state index contributed by atoms with van der Waals surface area (Å²) in [7, 11) is 1.42. The molecule has 0 heterocycles. The number of hydrogen-bond donors (Lipinski definition) is 1. The predicted octanol–water partition coefficient (Wildman–Crippen LogP) is 1.58. The average molecular weight is 186 g/mol. The van der Waals surface area contributed by atoms with E-state index in [0.717, 1.165) is 0 Å². The molecule has 0 saturated heterocycles. The first-order valence-corrected chi connectivity index (χ1v) is 3.66. The normalized spacial score (nSPS) is 14.8. The molecule has 0 bridgehead atoms. The number of ether oxygens (including phenoxy) is 1. The first-order chi connectivity index (χ1) is 5.49. The molecular formula is C7H13F3O2. The number of aliphatic hydroxyl groups excluding tert-OH is 1. The van der Waals surface area contributed by atoms with Crippen LogP contribution in [0.5, 0.6) is 0 Å². The first-order valence-electron chi connectivity index (χ1n) is 3.66. The van der Waals surface area contributed by atoms with Gasteiger partial charge in [0.1, 0.15) is 0 Å². The van der Waals surface area contributed by atoms with Gasteiger partial charge < -0.3 is 9.84 Å². The second kappa shape index (κ2) is 5.37. The Balaban J connectivity index is 3.67. The minimum Gasteiger partial charge on any atom is -0.396 e. The summed E-state index contributed by atoms with van der Waals surface area (Å²) in [5.74, 6) is -0.732. The molecule has 1 atom stereocenters. The Morgan fingerprint density at radius 3 is 2.33 bits per heavy atom. The third-order valence-electron chi connectivity index (χ3n) is 1.51. The van der Waals surface area contributed by atoms with E-state index in [-0.39, 0.29) is 13.0 Å². The van der Waals surface area contributed by atoms with Gasteiger partial charge in [0.2, 0.25) is 0 Å². The Morgan fingerprint density at radius 1 is 1.42 bits per heavy atom. The number of rotatable bonds is 5. The minimum absolute atomic E-state index is 0.243. The lowest BCUT2D eigenvalue weighted by molar-refractivity contribution is -0.148. The molecule has 1 N–H and O–H groups in total. The summed E-state index contributed by atoms with van der Waals surface area (Å²) in [6, 6.07) is 0. The molecule has 0 amide bonds. The maximum atomic E-state index is 11.8. The van der Waals surface area contributed by atoms with Gasteiger partial charge in [0.25, 0.3) is 0 Å². The number of halogens is 3. The van der Waals surface area contributed by atoms with Gasteiger partial charge in [-0.05, 0) is 12.3 Å². The SMILES string of the molecule is COCCC(CO)CC(F)(F)F. The molecule has 0 aliphatic heterocycles. The summed E-state index contributed by atoms with van der Waals surface area (Å²) in [6.07, 6.45) is -4.89. The monoisotopic (exact) mass is 186 g/mol. The molecule has 0 aromatic carbocycles. The van der Waals surface area contributed by atoms with Crippen LogP contribution >= 0.6 is 0 Å². The fraction of sp³-hybridized carbons (Fsp3) is 1.00. The van der Waals surface area contributed by atoms with Crippen LogP contribution in [0.4, 0.5) is 13.2 Å². The highest BCUT2D eigenvalue weighted by molar-refractivity contribution is 4.62. The van der Waals surface area contributed by atoms with Crippen molar-refractivity contribution in [2.75, 3.05) is 20.3 Å². The minimum atomic E-state index is -4.19. The Bertz CT molecular complexity index is 114. The van der Waals surface area contributed by atoms with Crippen molar-refractivity contribution in [1.29, 1.82) is 0 Å². The molecule has 5 heteroatoms. The summed E-state index contributed by atoms with van der Waals surface area (Å²) in [4.78, 5) is 0. The first kappa shape index (κ1) is 11.7. The molecule has 0 spiro atoms. The summed E-state index contributed by atoms with van der Waals surface area (Å²) in [5, 5.41) is 8.56. The van der Waals surface area contributed by atoms with Crippen LogP contribution in [0.3, 0.4) is 0 Å². The molecule has 0 saturated carbocycles. The molecule has 0 rings (SSSR count). The predicted molar refractivity (Wildman–Crippen MR) is 37.7 cm³/mol. The van der Waals surface area contributed by atoms with Crippen molar-refractivity contribution in [2.24, 2.45) is 5.92 Å². The second-order valence-corrected chi connectivity index (χ2v) is 2.65. The highest BCUT2D eigenvalue weighted by atomic mass is 19.4. The van der Waals surface area contributed by atoms with E-state index in [2.05, 4.69) is 4.74 Å². The lowest BCUT2D eigenvalue weighted by Gasteiger charge is -2.15. The maximum Gasteiger partial charge on any atom is 0.389 e. The van der Waals surface area contributed by atoms with Crippen molar-refractivity contribution in [3.05, 3.63) is 0 Å². The summed E-state index contributed by atoms with van der Waals surface area (Å²) < 4.78 is 39.9. The Labute approximate surface area is 69.3 Å². The number of hydrogen-bond acceptors (Lipinski definition) is 2.